The maximum absolute atomic E-state index is 6.32. The van der Waals surface area contributed by atoms with E-state index in [9.17, 15) is 0 Å². The first kappa shape index (κ1) is 27.0. The minimum atomic E-state index is 0.857. The number of para-hydroxylation sites is 2. The molecule has 0 radical (unpaired) electrons. The van der Waals surface area contributed by atoms with Crippen molar-refractivity contribution in [2.45, 2.75) is 0 Å². The summed E-state index contributed by atoms with van der Waals surface area (Å²) < 4.78 is 13.6. The fraction of sp³-hybridized carbons (Fsp3) is 0. The zero-order chi connectivity index (χ0) is 31.6. The van der Waals surface area contributed by atoms with Gasteiger partial charge in [-0.2, -0.15) is 0 Å². The van der Waals surface area contributed by atoms with Crippen molar-refractivity contribution in [3.63, 3.8) is 0 Å². The van der Waals surface area contributed by atoms with E-state index in [1.54, 1.807) is 11.3 Å². The lowest BCUT2D eigenvalue weighted by atomic mass is 10.0. The standard InChI is InChI=1S/C43H26N2O2S/c1-3-9-28(10-4-1)43-44-42-40(48-43)24-23-39-41(42)35-25-29(17-21-38(35)47-39)27-15-18-31(19-16-27)45(30-11-5-2-6-12-30)32-20-22-37-34(26-32)33-13-7-8-14-36(33)46-37/h1-26H. The fourth-order valence-corrected chi connectivity index (χ4v) is 7.80. The third-order valence-corrected chi connectivity index (χ3v) is 10.2. The second kappa shape index (κ2) is 10.7. The molecule has 3 heterocycles. The number of fused-ring (bicyclic) bond motifs is 8. The minimum Gasteiger partial charge on any atom is -0.456 e. The molecule has 0 saturated carbocycles. The number of hydrogen-bond donors (Lipinski definition) is 0. The highest BCUT2D eigenvalue weighted by molar-refractivity contribution is 7.21. The molecule has 0 fully saturated rings. The highest BCUT2D eigenvalue weighted by atomic mass is 32.1. The van der Waals surface area contributed by atoms with E-state index >= 15 is 0 Å². The summed E-state index contributed by atoms with van der Waals surface area (Å²) in [5.74, 6) is 0. The Balaban J connectivity index is 1.07. The van der Waals surface area contributed by atoms with Crippen molar-refractivity contribution in [1.29, 1.82) is 0 Å². The Labute approximate surface area is 279 Å². The average Bonchev–Trinajstić information content (AvgIpc) is 3.86. The van der Waals surface area contributed by atoms with E-state index in [1.165, 1.54) is 0 Å². The predicted octanol–water partition coefficient (Wildman–Crippen LogP) is 12.9. The van der Waals surface area contributed by atoms with Gasteiger partial charge in [0.1, 0.15) is 27.3 Å². The van der Waals surface area contributed by atoms with Gasteiger partial charge in [-0.05, 0) is 83.9 Å². The molecule has 4 nitrogen and oxygen atoms in total. The van der Waals surface area contributed by atoms with E-state index in [0.29, 0.717) is 0 Å². The van der Waals surface area contributed by atoms with Crippen LogP contribution in [0.2, 0.25) is 0 Å². The molecule has 0 N–H and O–H groups in total. The van der Waals surface area contributed by atoms with Crippen LogP contribution in [0.1, 0.15) is 0 Å². The average molecular weight is 635 g/mol. The van der Waals surface area contributed by atoms with Gasteiger partial charge in [0, 0.05) is 38.8 Å². The lowest BCUT2D eigenvalue weighted by Gasteiger charge is -2.25. The molecular formula is C43H26N2O2S. The van der Waals surface area contributed by atoms with E-state index in [1.807, 2.05) is 18.2 Å². The Morgan fingerprint density at radius 2 is 1.06 bits per heavy atom. The number of benzene rings is 7. The van der Waals surface area contributed by atoms with Gasteiger partial charge >= 0.3 is 0 Å². The molecule has 10 aromatic rings. The first-order valence-electron chi connectivity index (χ1n) is 15.9. The summed E-state index contributed by atoms with van der Waals surface area (Å²) in [6.45, 7) is 0. The van der Waals surface area contributed by atoms with Gasteiger partial charge in [-0.15, -0.1) is 11.3 Å². The van der Waals surface area contributed by atoms with Crippen molar-refractivity contribution in [2.24, 2.45) is 0 Å². The van der Waals surface area contributed by atoms with E-state index in [2.05, 4.69) is 144 Å². The molecule has 0 saturated heterocycles. The van der Waals surface area contributed by atoms with Crippen LogP contribution in [0.3, 0.4) is 0 Å². The van der Waals surface area contributed by atoms with Gasteiger partial charge in [0.2, 0.25) is 0 Å². The van der Waals surface area contributed by atoms with Gasteiger partial charge in [-0.1, -0.05) is 84.9 Å². The SMILES string of the molecule is c1ccc(-c2nc3c(ccc4oc5ccc(-c6ccc(N(c7ccccc7)c7ccc8oc9ccccc9c8c7)cc6)cc5c43)s2)cc1. The molecule has 0 unspecified atom stereocenters. The summed E-state index contributed by atoms with van der Waals surface area (Å²) in [5, 5.41) is 5.38. The molecule has 0 atom stereocenters. The quantitative estimate of drug-likeness (QED) is 0.189. The van der Waals surface area contributed by atoms with Crippen LogP contribution in [0, 0.1) is 0 Å². The number of furan rings is 2. The highest BCUT2D eigenvalue weighted by Crippen LogP contribution is 2.42. The van der Waals surface area contributed by atoms with Crippen LogP contribution >= 0.6 is 11.3 Å². The molecule has 48 heavy (non-hydrogen) atoms. The molecule has 10 rings (SSSR count). The molecule has 0 aliphatic heterocycles. The predicted molar refractivity (Wildman–Crippen MR) is 200 cm³/mol. The Hall–Kier alpha value is -6.17. The first-order valence-corrected chi connectivity index (χ1v) is 16.8. The minimum absolute atomic E-state index is 0.857. The molecule has 0 spiro atoms. The zero-order valence-corrected chi connectivity index (χ0v) is 26.4. The van der Waals surface area contributed by atoms with E-state index < -0.39 is 0 Å². The summed E-state index contributed by atoms with van der Waals surface area (Å²) in [6, 6.07) is 55.0. The fourth-order valence-electron chi connectivity index (χ4n) is 6.82. The number of thiazole rings is 1. The third kappa shape index (κ3) is 4.33. The largest absolute Gasteiger partial charge is 0.456 e. The van der Waals surface area contributed by atoms with Crippen LogP contribution in [0.25, 0.3) is 75.8 Å². The molecule has 5 heteroatoms. The number of nitrogens with zero attached hydrogens (tertiary/aromatic N) is 2. The number of aromatic nitrogens is 1. The molecular weight excluding hydrogens is 609 g/mol. The van der Waals surface area contributed by atoms with E-state index in [-0.39, 0.29) is 0 Å². The van der Waals surface area contributed by atoms with Crippen LogP contribution in [0.4, 0.5) is 17.1 Å². The van der Waals surface area contributed by atoms with Gasteiger partial charge in [0.05, 0.1) is 15.6 Å². The molecule has 7 aromatic carbocycles. The topological polar surface area (TPSA) is 42.4 Å². The third-order valence-electron chi connectivity index (χ3n) is 9.10. The maximum Gasteiger partial charge on any atom is 0.137 e. The van der Waals surface area contributed by atoms with Crippen LogP contribution in [-0.2, 0) is 0 Å². The summed E-state index contributed by atoms with van der Waals surface area (Å²) in [6.07, 6.45) is 0. The van der Waals surface area contributed by atoms with E-state index in [4.69, 9.17) is 13.8 Å². The van der Waals surface area contributed by atoms with Crippen LogP contribution in [0.15, 0.2) is 167 Å². The highest BCUT2D eigenvalue weighted by Gasteiger charge is 2.18. The second-order valence-corrected chi connectivity index (χ2v) is 13.0. The number of hydrogen-bond acceptors (Lipinski definition) is 5. The van der Waals surface area contributed by atoms with Crippen molar-refractivity contribution in [3.05, 3.63) is 158 Å². The maximum atomic E-state index is 6.32. The van der Waals surface area contributed by atoms with Gasteiger partial charge in [-0.3, -0.25) is 0 Å². The molecule has 0 bridgehead atoms. The van der Waals surface area contributed by atoms with Crippen molar-refractivity contribution in [3.8, 4) is 21.7 Å². The number of anilines is 3. The lowest BCUT2D eigenvalue weighted by molar-refractivity contribution is 0.668. The van der Waals surface area contributed by atoms with Gasteiger partial charge in [-0.25, -0.2) is 4.98 Å². The molecule has 0 aliphatic carbocycles. The smallest absolute Gasteiger partial charge is 0.137 e. The van der Waals surface area contributed by atoms with Gasteiger partial charge < -0.3 is 13.7 Å². The summed E-state index contributed by atoms with van der Waals surface area (Å²) in [5.41, 5.74) is 11.1. The van der Waals surface area contributed by atoms with Crippen molar-refractivity contribution < 1.29 is 8.83 Å². The second-order valence-electron chi connectivity index (χ2n) is 12.0. The normalized spacial score (nSPS) is 11.8. The van der Waals surface area contributed by atoms with Crippen LogP contribution in [-0.4, -0.2) is 4.98 Å². The van der Waals surface area contributed by atoms with Gasteiger partial charge in [0.15, 0.2) is 0 Å². The Morgan fingerprint density at radius 1 is 0.438 bits per heavy atom. The van der Waals surface area contributed by atoms with Gasteiger partial charge in [0.25, 0.3) is 0 Å². The lowest BCUT2D eigenvalue weighted by Crippen LogP contribution is -2.09. The monoisotopic (exact) mass is 634 g/mol. The van der Waals surface area contributed by atoms with Crippen LogP contribution < -0.4 is 4.90 Å². The molecule has 0 amide bonds. The molecule has 0 aliphatic rings. The zero-order valence-electron chi connectivity index (χ0n) is 25.6. The molecule has 226 valence electrons. The molecule has 3 aromatic heterocycles. The Kier molecular flexibility index (Phi) is 6.01. The number of rotatable bonds is 5. The van der Waals surface area contributed by atoms with Crippen molar-refractivity contribution in [2.75, 3.05) is 4.90 Å². The van der Waals surface area contributed by atoms with Crippen LogP contribution in [0.5, 0.6) is 0 Å². The Bertz CT molecular complexity index is 2780. The summed E-state index contributed by atoms with van der Waals surface area (Å²) >= 11 is 1.72. The van der Waals surface area contributed by atoms with Crippen molar-refractivity contribution >= 4 is 82.5 Å². The van der Waals surface area contributed by atoms with Crippen molar-refractivity contribution in [1.82, 2.24) is 4.98 Å². The Morgan fingerprint density at radius 3 is 1.92 bits per heavy atom. The first-order chi connectivity index (χ1) is 23.8. The van der Waals surface area contributed by atoms with E-state index in [0.717, 1.165) is 92.9 Å². The summed E-state index contributed by atoms with van der Waals surface area (Å²) in [7, 11) is 0. The summed E-state index contributed by atoms with van der Waals surface area (Å²) in [4.78, 5) is 7.40.